The predicted octanol–water partition coefficient (Wildman–Crippen LogP) is 4.06. The van der Waals surface area contributed by atoms with Gasteiger partial charge in [0.2, 0.25) is 5.91 Å². The quantitative estimate of drug-likeness (QED) is 0.893. The first-order valence-electron chi connectivity index (χ1n) is 7.99. The first kappa shape index (κ1) is 16.3. The number of nitrogens with zero attached hydrogens (tertiary/aromatic N) is 1. The third-order valence-electron chi connectivity index (χ3n) is 4.43. The van der Waals surface area contributed by atoms with E-state index in [-0.39, 0.29) is 11.3 Å². The molecule has 0 atom stereocenters. The van der Waals surface area contributed by atoms with Gasteiger partial charge in [-0.25, -0.2) is 0 Å². The monoisotopic (exact) mass is 308 g/mol. The molecule has 3 nitrogen and oxygen atoms in total. The lowest BCUT2D eigenvalue weighted by Crippen LogP contribution is -2.46. The van der Waals surface area contributed by atoms with E-state index in [0.29, 0.717) is 5.02 Å². The molecule has 2 heterocycles. The molecular formula is C17H25ClN2O. The van der Waals surface area contributed by atoms with E-state index in [9.17, 15) is 4.79 Å². The lowest BCUT2D eigenvalue weighted by molar-refractivity contribution is -0.122. The predicted molar refractivity (Wildman–Crippen MR) is 89.1 cm³/mol. The smallest absolute Gasteiger partial charge is 0.235 e. The van der Waals surface area contributed by atoms with Crippen LogP contribution in [0.15, 0.2) is 18.2 Å². The Balaban J connectivity index is 0.000000774. The van der Waals surface area contributed by atoms with Gasteiger partial charge >= 0.3 is 0 Å². The van der Waals surface area contributed by atoms with Gasteiger partial charge < -0.3 is 10.2 Å². The van der Waals surface area contributed by atoms with Crippen LogP contribution < -0.4 is 5.32 Å². The van der Waals surface area contributed by atoms with Crippen LogP contribution in [0.3, 0.4) is 0 Å². The van der Waals surface area contributed by atoms with Crippen molar-refractivity contribution < 1.29 is 4.79 Å². The van der Waals surface area contributed by atoms with Crippen molar-refractivity contribution in [1.82, 2.24) is 4.90 Å². The van der Waals surface area contributed by atoms with Gasteiger partial charge in [0.15, 0.2) is 0 Å². The molecule has 0 unspecified atom stereocenters. The second-order valence-electron chi connectivity index (χ2n) is 5.57. The number of hydrogen-bond donors (Lipinski definition) is 1. The van der Waals surface area contributed by atoms with Gasteiger partial charge in [0.1, 0.15) is 0 Å². The van der Waals surface area contributed by atoms with Gasteiger partial charge in [0.25, 0.3) is 0 Å². The molecule has 2 aliphatic heterocycles. The Morgan fingerprint density at radius 3 is 2.57 bits per heavy atom. The summed E-state index contributed by atoms with van der Waals surface area (Å²) in [6.07, 6.45) is 2.96. The summed E-state index contributed by atoms with van der Waals surface area (Å²) in [5, 5.41) is 3.73. The maximum atomic E-state index is 12.4. The molecule has 21 heavy (non-hydrogen) atoms. The molecule has 3 rings (SSSR count). The number of amides is 1. The van der Waals surface area contributed by atoms with Gasteiger partial charge in [-0.05, 0) is 62.7 Å². The topological polar surface area (TPSA) is 32.3 Å². The van der Waals surface area contributed by atoms with Crippen LogP contribution >= 0.6 is 11.6 Å². The molecule has 4 heteroatoms. The van der Waals surface area contributed by atoms with Gasteiger partial charge in [-0.2, -0.15) is 0 Å². The number of halogens is 1. The largest absolute Gasteiger partial charge is 0.325 e. The summed E-state index contributed by atoms with van der Waals surface area (Å²) in [6, 6.07) is 5.72. The van der Waals surface area contributed by atoms with E-state index in [0.717, 1.165) is 43.7 Å². The van der Waals surface area contributed by atoms with E-state index in [1.165, 1.54) is 6.42 Å². The minimum atomic E-state index is -0.343. The number of benzene rings is 1. The van der Waals surface area contributed by atoms with Crippen LogP contribution in [0.25, 0.3) is 0 Å². The zero-order valence-corrected chi connectivity index (χ0v) is 14.0. The Morgan fingerprint density at radius 2 is 1.95 bits per heavy atom. The standard InChI is InChI=1S/C15H19ClN2O.C2H6/c1-2-7-18-8-5-15(6-9-18)12-10-11(16)3-4-13(12)17-14(15)19;1-2/h3-4,10H,2,5-9H2,1H3,(H,17,19);1-2H3. The summed E-state index contributed by atoms with van der Waals surface area (Å²) < 4.78 is 0. The van der Waals surface area contributed by atoms with Crippen molar-refractivity contribution in [3.8, 4) is 0 Å². The van der Waals surface area contributed by atoms with Crippen molar-refractivity contribution in [2.45, 2.75) is 45.4 Å². The van der Waals surface area contributed by atoms with Crippen LogP contribution in [0.4, 0.5) is 5.69 Å². The fourth-order valence-electron chi connectivity index (χ4n) is 3.36. The second kappa shape index (κ2) is 6.80. The number of rotatable bonds is 2. The second-order valence-corrected chi connectivity index (χ2v) is 6.00. The molecule has 0 bridgehead atoms. The number of anilines is 1. The molecule has 1 spiro atoms. The third kappa shape index (κ3) is 2.95. The number of carbonyl (C=O) groups excluding carboxylic acids is 1. The Labute approximate surface area is 132 Å². The zero-order chi connectivity index (χ0) is 15.5. The summed E-state index contributed by atoms with van der Waals surface area (Å²) in [6.45, 7) is 9.31. The lowest BCUT2D eigenvalue weighted by atomic mass is 9.73. The van der Waals surface area contributed by atoms with Crippen molar-refractivity contribution in [2.24, 2.45) is 0 Å². The fourth-order valence-corrected chi connectivity index (χ4v) is 3.53. The highest BCUT2D eigenvalue weighted by Crippen LogP contribution is 2.45. The highest BCUT2D eigenvalue weighted by molar-refractivity contribution is 6.31. The Bertz CT molecular complexity index is 508. The molecule has 116 valence electrons. The van der Waals surface area contributed by atoms with Gasteiger partial charge in [0.05, 0.1) is 5.41 Å². The lowest BCUT2D eigenvalue weighted by Gasteiger charge is -2.37. The SMILES string of the molecule is CC.CCCN1CCC2(CC1)C(=O)Nc1ccc(Cl)cc12. The first-order chi connectivity index (χ1) is 10.2. The van der Waals surface area contributed by atoms with Crippen LogP contribution in [0, 0.1) is 0 Å². The van der Waals surface area contributed by atoms with Gasteiger partial charge in [-0.1, -0.05) is 32.4 Å². The summed E-state index contributed by atoms with van der Waals surface area (Å²) in [5.74, 6) is 0.154. The van der Waals surface area contributed by atoms with Crippen LogP contribution in [0.2, 0.25) is 5.02 Å². The van der Waals surface area contributed by atoms with E-state index >= 15 is 0 Å². The summed E-state index contributed by atoms with van der Waals surface area (Å²) in [5.41, 5.74) is 1.70. The summed E-state index contributed by atoms with van der Waals surface area (Å²) in [4.78, 5) is 14.9. The maximum absolute atomic E-state index is 12.4. The van der Waals surface area contributed by atoms with Crippen molar-refractivity contribution in [3.63, 3.8) is 0 Å². The highest BCUT2D eigenvalue weighted by atomic mass is 35.5. The molecule has 2 aliphatic rings. The van der Waals surface area contributed by atoms with Gasteiger partial charge in [0, 0.05) is 10.7 Å². The average molecular weight is 309 g/mol. The Morgan fingerprint density at radius 1 is 1.29 bits per heavy atom. The van der Waals surface area contributed by atoms with E-state index < -0.39 is 0 Å². The van der Waals surface area contributed by atoms with Crippen LogP contribution in [0.5, 0.6) is 0 Å². The molecule has 0 aliphatic carbocycles. The molecule has 0 radical (unpaired) electrons. The minimum absolute atomic E-state index is 0.154. The van der Waals surface area contributed by atoms with Crippen molar-refractivity contribution in [3.05, 3.63) is 28.8 Å². The van der Waals surface area contributed by atoms with Crippen LogP contribution in [-0.2, 0) is 10.2 Å². The summed E-state index contributed by atoms with van der Waals surface area (Å²) in [7, 11) is 0. The number of carbonyl (C=O) groups is 1. The maximum Gasteiger partial charge on any atom is 0.235 e. The molecule has 1 aromatic carbocycles. The molecule has 1 N–H and O–H groups in total. The molecular weight excluding hydrogens is 284 g/mol. The number of nitrogens with one attached hydrogen (secondary N) is 1. The average Bonchev–Trinajstić information content (AvgIpc) is 2.77. The van der Waals surface area contributed by atoms with Crippen molar-refractivity contribution >= 4 is 23.2 Å². The summed E-state index contributed by atoms with van der Waals surface area (Å²) >= 11 is 6.10. The number of piperidine rings is 1. The Kier molecular flexibility index (Phi) is 5.28. The molecule has 1 saturated heterocycles. The van der Waals surface area contributed by atoms with Crippen LogP contribution in [-0.4, -0.2) is 30.4 Å². The zero-order valence-electron chi connectivity index (χ0n) is 13.2. The minimum Gasteiger partial charge on any atom is -0.325 e. The first-order valence-corrected chi connectivity index (χ1v) is 8.37. The van der Waals surface area contributed by atoms with E-state index in [1.54, 1.807) is 0 Å². The number of fused-ring (bicyclic) bond motifs is 2. The third-order valence-corrected chi connectivity index (χ3v) is 4.66. The molecule has 0 aromatic heterocycles. The number of hydrogen-bond acceptors (Lipinski definition) is 2. The van der Waals surface area contributed by atoms with Crippen molar-refractivity contribution in [2.75, 3.05) is 25.0 Å². The van der Waals surface area contributed by atoms with E-state index in [4.69, 9.17) is 11.6 Å². The van der Waals surface area contributed by atoms with Crippen molar-refractivity contribution in [1.29, 1.82) is 0 Å². The molecule has 0 saturated carbocycles. The molecule has 1 fully saturated rings. The Hall–Kier alpha value is -1.06. The molecule has 1 amide bonds. The fraction of sp³-hybridized carbons (Fsp3) is 0.588. The molecule has 1 aromatic rings. The van der Waals surface area contributed by atoms with E-state index in [1.807, 2.05) is 32.0 Å². The highest BCUT2D eigenvalue weighted by Gasteiger charge is 2.48. The van der Waals surface area contributed by atoms with Crippen LogP contribution in [0.1, 0.15) is 45.6 Å². The van der Waals surface area contributed by atoms with Gasteiger partial charge in [-0.3, -0.25) is 4.79 Å². The van der Waals surface area contributed by atoms with E-state index in [2.05, 4.69) is 17.1 Å². The van der Waals surface area contributed by atoms with Gasteiger partial charge in [-0.15, -0.1) is 0 Å². The number of likely N-dealkylation sites (tertiary alicyclic amines) is 1. The normalized spacial score (nSPS) is 19.7.